The molecule has 0 radical (unpaired) electrons. The van der Waals surface area contributed by atoms with Gasteiger partial charge in [-0.2, -0.15) is 0 Å². The fourth-order valence-corrected chi connectivity index (χ4v) is 1.10. The van der Waals surface area contributed by atoms with Crippen molar-refractivity contribution in [2.45, 2.75) is 6.10 Å². The molecule has 0 saturated heterocycles. The van der Waals surface area contributed by atoms with E-state index in [0.29, 0.717) is 5.57 Å². The predicted octanol–water partition coefficient (Wildman–Crippen LogP) is 2.62. The monoisotopic (exact) mass is 172 g/mol. The van der Waals surface area contributed by atoms with Gasteiger partial charge in [-0.05, 0) is 5.56 Å². The molecule has 0 aliphatic rings. The number of aliphatic hydroxyl groups is 1. The second-order valence-electron chi connectivity index (χ2n) is 2.65. The Bertz CT molecular complexity index is 331. The van der Waals surface area contributed by atoms with Gasteiger partial charge in [0, 0.05) is 5.57 Å². The summed E-state index contributed by atoms with van der Waals surface area (Å²) in [6.45, 7) is 7.06. The van der Waals surface area contributed by atoms with E-state index in [-0.39, 0.29) is 0 Å². The summed E-state index contributed by atoms with van der Waals surface area (Å²) in [5, 5.41) is 9.77. The zero-order valence-corrected chi connectivity index (χ0v) is 7.40. The highest BCUT2D eigenvalue weighted by Crippen LogP contribution is 2.20. The van der Waals surface area contributed by atoms with Crippen LogP contribution in [0.25, 0.3) is 0 Å². The summed E-state index contributed by atoms with van der Waals surface area (Å²) in [6, 6.07) is 9.36. The Morgan fingerprint density at radius 2 is 2.00 bits per heavy atom. The predicted molar refractivity (Wildman–Crippen MR) is 54.3 cm³/mol. The summed E-state index contributed by atoms with van der Waals surface area (Å²) in [4.78, 5) is 0. The molecule has 0 saturated carbocycles. The molecule has 1 aromatic carbocycles. The smallest absolute Gasteiger partial charge is 0.111 e. The van der Waals surface area contributed by atoms with Gasteiger partial charge in [0.2, 0.25) is 0 Å². The van der Waals surface area contributed by atoms with Crippen LogP contribution in [0.2, 0.25) is 0 Å². The minimum atomic E-state index is -0.670. The second kappa shape index (κ2) is 4.46. The lowest BCUT2D eigenvalue weighted by Crippen LogP contribution is -1.97. The van der Waals surface area contributed by atoms with Crippen molar-refractivity contribution in [2.24, 2.45) is 0 Å². The van der Waals surface area contributed by atoms with E-state index in [2.05, 4.69) is 18.9 Å². The molecule has 1 atom stereocenters. The molecule has 1 unspecified atom stereocenters. The Labute approximate surface area is 78.3 Å². The van der Waals surface area contributed by atoms with Crippen LogP contribution in [0.15, 0.2) is 60.9 Å². The van der Waals surface area contributed by atoms with Gasteiger partial charge in [-0.3, -0.25) is 0 Å². The van der Waals surface area contributed by atoms with E-state index in [0.717, 1.165) is 5.56 Å². The third-order valence-corrected chi connectivity index (χ3v) is 1.83. The normalized spacial score (nSPS) is 11.5. The molecule has 0 aliphatic carbocycles. The number of rotatable bonds is 3. The highest BCUT2D eigenvalue weighted by atomic mass is 16.3. The fraction of sp³-hybridized carbons (Fsp3) is 0.0833. The highest BCUT2D eigenvalue weighted by Gasteiger charge is 2.08. The summed E-state index contributed by atoms with van der Waals surface area (Å²) in [6.07, 6.45) is 0.890. The van der Waals surface area contributed by atoms with E-state index in [1.165, 1.54) is 0 Å². The first-order chi connectivity index (χ1) is 6.29. The Morgan fingerprint density at radius 3 is 2.46 bits per heavy atom. The molecule has 13 heavy (non-hydrogen) atoms. The zero-order valence-electron chi connectivity index (χ0n) is 7.40. The Balaban J connectivity index is 2.98. The average Bonchev–Trinajstić information content (AvgIpc) is 2.21. The molecule has 0 aromatic heterocycles. The standard InChI is InChI=1S/C12H12O/c1-3-10(4-2)12(13)11-8-6-5-7-9-11/h3,5-9,12-13H,1-2H2. The van der Waals surface area contributed by atoms with Gasteiger partial charge in [0.25, 0.3) is 0 Å². The van der Waals surface area contributed by atoms with Crippen LogP contribution in [-0.2, 0) is 0 Å². The summed E-state index contributed by atoms with van der Waals surface area (Å²) < 4.78 is 0. The van der Waals surface area contributed by atoms with E-state index in [9.17, 15) is 5.11 Å². The molecule has 0 aliphatic heterocycles. The first-order valence-electron chi connectivity index (χ1n) is 4.05. The first-order valence-corrected chi connectivity index (χ1v) is 4.05. The number of hydrogen-bond acceptors (Lipinski definition) is 1. The average molecular weight is 172 g/mol. The molecule has 1 aromatic rings. The van der Waals surface area contributed by atoms with E-state index >= 15 is 0 Å². The van der Waals surface area contributed by atoms with E-state index < -0.39 is 6.10 Å². The third kappa shape index (κ3) is 2.19. The number of aliphatic hydroxyl groups excluding tert-OH is 1. The fourth-order valence-electron chi connectivity index (χ4n) is 1.10. The Morgan fingerprint density at radius 1 is 1.38 bits per heavy atom. The van der Waals surface area contributed by atoms with Crippen molar-refractivity contribution in [1.29, 1.82) is 0 Å². The van der Waals surface area contributed by atoms with Gasteiger partial charge in [0.15, 0.2) is 0 Å². The number of hydrogen-bond donors (Lipinski definition) is 1. The molecule has 66 valence electrons. The molecular formula is C12H12O. The number of benzene rings is 1. The molecule has 0 heterocycles. The van der Waals surface area contributed by atoms with Gasteiger partial charge in [-0.15, -0.1) is 5.73 Å². The maximum atomic E-state index is 9.77. The van der Waals surface area contributed by atoms with Crippen LogP contribution in [0.4, 0.5) is 0 Å². The Kier molecular flexibility index (Phi) is 3.27. The van der Waals surface area contributed by atoms with Crippen LogP contribution < -0.4 is 0 Å². The van der Waals surface area contributed by atoms with Gasteiger partial charge in [-0.1, -0.05) is 49.6 Å². The molecule has 0 amide bonds. The molecule has 0 bridgehead atoms. The van der Waals surface area contributed by atoms with Crippen LogP contribution in [0, 0.1) is 0 Å². The minimum Gasteiger partial charge on any atom is -0.383 e. The molecular weight excluding hydrogens is 160 g/mol. The molecule has 1 heteroatoms. The summed E-state index contributed by atoms with van der Waals surface area (Å²) >= 11 is 0. The molecule has 1 nitrogen and oxygen atoms in total. The Hall–Kier alpha value is -1.56. The lowest BCUT2D eigenvalue weighted by atomic mass is 10.0. The van der Waals surface area contributed by atoms with Crippen molar-refractivity contribution in [1.82, 2.24) is 0 Å². The van der Waals surface area contributed by atoms with Gasteiger partial charge in [0.1, 0.15) is 6.10 Å². The van der Waals surface area contributed by atoms with Crippen LogP contribution in [-0.4, -0.2) is 5.11 Å². The highest BCUT2D eigenvalue weighted by molar-refractivity contribution is 5.30. The molecule has 1 N–H and O–H groups in total. The van der Waals surface area contributed by atoms with Crippen LogP contribution in [0.1, 0.15) is 11.7 Å². The lowest BCUT2D eigenvalue weighted by molar-refractivity contribution is 0.220. The summed E-state index contributed by atoms with van der Waals surface area (Å²) in [5.74, 6) is 0. The summed E-state index contributed by atoms with van der Waals surface area (Å²) in [5.41, 5.74) is 4.08. The topological polar surface area (TPSA) is 20.2 Å². The zero-order chi connectivity index (χ0) is 9.68. The van der Waals surface area contributed by atoms with Crippen LogP contribution in [0.3, 0.4) is 0 Å². The first kappa shape index (κ1) is 9.53. The van der Waals surface area contributed by atoms with Crippen molar-refractivity contribution < 1.29 is 5.11 Å². The van der Waals surface area contributed by atoms with Gasteiger partial charge >= 0.3 is 0 Å². The maximum absolute atomic E-state index is 9.77. The van der Waals surface area contributed by atoms with Crippen molar-refractivity contribution in [2.75, 3.05) is 0 Å². The SMILES string of the molecule is C=C=C(C=C)C(O)c1ccccc1. The van der Waals surface area contributed by atoms with E-state index in [4.69, 9.17) is 0 Å². The quantitative estimate of drug-likeness (QED) is 0.549. The van der Waals surface area contributed by atoms with Gasteiger partial charge in [-0.25, -0.2) is 0 Å². The maximum Gasteiger partial charge on any atom is 0.111 e. The van der Waals surface area contributed by atoms with Crippen molar-refractivity contribution in [3.8, 4) is 0 Å². The molecule has 0 fully saturated rings. The van der Waals surface area contributed by atoms with E-state index in [1.807, 2.05) is 30.3 Å². The van der Waals surface area contributed by atoms with Gasteiger partial charge < -0.3 is 5.11 Å². The van der Waals surface area contributed by atoms with Crippen molar-refractivity contribution >= 4 is 0 Å². The van der Waals surface area contributed by atoms with Gasteiger partial charge in [0.05, 0.1) is 0 Å². The lowest BCUT2D eigenvalue weighted by Gasteiger charge is -2.09. The van der Waals surface area contributed by atoms with Crippen molar-refractivity contribution in [3.05, 3.63) is 66.4 Å². The van der Waals surface area contributed by atoms with Crippen LogP contribution in [0.5, 0.6) is 0 Å². The van der Waals surface area contributed by atoms with Crippen LogP contribution >= 0.6 is 0 Å². The second-order valence-corrected chi connectivity index (χ2v) is 2.65. The minimum absolute atomic E-state index is 0.603. The molecule has 1 rings (SSSR count). The largest absolute Gasteiger partial charge is 0.383 e. The third-order valence-electron chi connectivity index (χ3n) is 1.83. The summed E-state index contributed by atoms with van der Waals surface area (Å²) in [7, 11) is 0. The molecule has 0 spiro atoms. The van der Waals surface area contributed by atoms with Crippen molar-refractivity contribution in [3.63, 3.8) is 0 Å². The van der Waals surface area contributed by atoms with E-state index in [1.54, 1.807) is 6.08 Å².